The predicted octanol–water partition coefficient (Wildman–Crippen LogP) is 3.13. The number of rotatable bonds is 4. The normalized spacial score (nSPS) is 16.6. The lowest BCUT2D eigenvalue weighted by Gasteiger charge is -2.25. The van der Waals surface area contributed by atoms with Crippen molar-refractivity contribution < 1.29 is 0 Å². The maximum absolute atomic E-state index is 8.81. The Balaban J connectivity index is 2.07. The molecule has 0 aromatic heterocycles. The second-order valence-electron chi connectivity index (χ2n) is 4.98. The molecular weight excluding hydrogens is 196 g/mol. The molecule has 0 spiro atoms. The summed E-state index contributed by atoms with van der Waals surface area (Å²) in [6.45, 7) is 3.14. The van der Waals surface area contributed by atoms with Crippen LogP contribution in [0.4, 0.5) is 5.69 Å². The summed E-state index contributed by atoms with van der Waals surface area (Å²) < 4.78 is 0. The molecule has 0 aliphatic heterocycles. The maximum atomic E-state index is 8.81. The molecule has 1 fully saturated rings. The zero-order chi connectivity index (χ0) is 11.6. The van der Waals surface area contributed by atoms with Gasteiger partial charge in [0.2, 0.25) is 0 Å². The lowest BCUT2D eigenvalue weighted by atomic mass is 10.0. The van der Waals surface area contributed by atoms with Gasteiger partial charge in [-0.05, 0) is 31.4 Å². The van der Waals surface area contributed by atoms with E-state index in [-0.39, 0.29) is 5.41 Å². The topological polar surface area (TPSA) is 27.0 Å². The third kappa shape index (κ3) is 2.19. The fourth-order valence-electron chi connectivity index (χ4n) is 2.32. The van der Waals surface area contributed by atoms with Crippen molar-refractivity contribution in [3.05, 3.63) is 29.8 Å². The third-order valence-corrected chi connectivity index (χ3v) is 3.51. The molecule has 1 aromatic carbocycles. The lowest BCUT2D eigenvalue weighted by Crippen LogP contribution is -2.26. The van der Waals surface area contributed by atoms with Crippen molar-refractivity contribution in [3.8, 4) is 6.07 Å². The van der Waals surface area contributed by atoms with E-state index in [1.54, 1.807) is 0 Å². The molecule has 0 saturated heterocycles. The quantitative estimate of drug-likeness (QED) is 0.770. The van der Waals surface area contributed by atoms with E-state index in [4.69, 9.17) is 5.26 Å². The van der Waals surface area contributed by atoms with Gasteiger partial charge in [0.1, 0.15) is 0 Å². The largest absolute Gasteiger partial charge is 0.374 e. The van der Waals surface area contributed by atoms with Crippen molar-refractivity contribution in [1.29, 1.82) is 5.26 Å². The molecule has 2 rings (SSSR count). The summed E-state index contributed by atoms with van der Waals surface area (Å²) in [5, 5.41) is 8.81. The Bertz CT molecular complexity index is 413. The molecule has 1 aliphatic rings. The highest BCUT2D eigenvalue weighted by Gasteiger charge is 2.43. The van der Waals surface area contributed by atoms with Gasteiger partial charge in [-0.3, -0.25) is 0 Å². The summed E-state index contributed by atoms with van der Waals surface area (Å²) in [4.78, 5) is 2.29. The van der Waals surface area contributed by atoms with Crippen molar-refractivity contribution in [3.63, 3.8) is 0 Å². The number of aryl methyl sites for hydroxylation is 1. The standard InChI is InChI=1S/C14H18N2/c1-12-5-3-4-6-13(12)16(2)11-14(7-8-14)9-10-15/h3-6H,7-9,11H2,1-2H3. The predicted molar refractivity (Wildman–Crippen MR) is 66.3 cm³/mol. The first-order valence-corrected chi connectivity index (χ1v) is 5.81. The van der Waals surface area contributed by atoms with Gasteiger partial charge in [-0.25, -0.2) is 0 Å². The third-order valence-electron chi connectivity index (χ3n) is 3.51. The van der Waals surface area contributed by atoms with Gasteiger partial charge in [0.05, 0.1) is 6.07 Å². The minimum absolute atomic E-state index is 0.284. The molecule has 16 heavy (non-hydrogen) atoms. The summed E-state index contributed by atoms with van der Waals surface area (Å²) >= 11 is 0. The molecule has 0 unspecified atom stereocenters. The van der Waals surface area contributed by atoms with Crippen LogP contribution in [0, 0.1) is 23.7 Å². The molecule has 0 amide bonds. The van der Waals surface area contributed by atoms with Gasteiger partial charge in [-0.1, -0.05) is 18.2 Å². The average Bonchev–Trinajstić information content (AvgIpc) is 2.99. The van der Waals surface area contributed by atoms with Gasteiger partial charge in [0.15, 0.2) is 0 Å². The Hall–Kier alpha value is -1.49. The Morgan fingerprint density at radius 1 is 1.38 bits per heavy atom. The van der Waals surface area contributed by atoms with Crippen LogP contribution in [0.25, 0.3) is 0 Å². The summed E-state index contributed by atoms with van der Waals surface area (Å²) in [5.74, 6) is 0. The molecule has 0 heterocycles. The number of hydrogen-bond donors (Lipinski definition) is 0. The molecule has 84 valence electrons. The number of anilines is 1. The second kappa shape index (κ2) is 4.17. The Morgan fingerprint density at radius 3 is 2.62 bits per heavy atom. The molecule has 2 heteroatoms. The number of nitriles is 1. The van der Waals surface area contributed by atoms with Crippen LogP contribution in [-0.2, 0) is 0 Å². The Kier molecular flexibility index (Phi) is 2.87. The van der Waals surface area contributed by atoms with Crippen LogP contribution < -0.4 is 4.90 Å². The molecule has 1 aromatic rings. The molecule has 0 N–H and O–H groups in total. The number of nitrogens with zero attached hydrogens (tertiary/aromatic N) is 2. The van der Waals surface area contributed by atoms with Crippen molar-refractivity contribution in [2.75, 3.05) is 18.5 Å². The van der Waals surface area contributed by atoms with Gasteiger partial charge in [0, 0.05) is 31.1 Å². The van der Waals surface area contributed by atoms with E-state index in [0.717, 1.165) is 6.54 Å². The second-order valence-corrected chi connectivity index (χ2v) is 4.98. The van der Waals surface area contributed by atoms with Gasteiger partial charge >= 0.3 is 0 Å². The highest BCUT2D eigenvalue weighted by Crippen LogP contribution is 2.49. The van der Waals surface area contributed by atoms with Gasteiger partial charge in [-0.15, -0.1) is 0 Å². The summed E-state index contributed by atoms with van der Waals surface area (Å²) in [7, 11) is 2.12. The van der Waals surface area contributed by atoms with Crippen LogP contribution in [0.2, 0.25) is 0 Å². The van der Waals surface area contributed by atoms with Crippen LogP contribution in [-0.4, -0.2) is 13.6 Å². The molecule has 0 radical (unpaired) electrons. The first kappa shape index (κ1) is 11.0. The zero-order valence-electron chi connectivity index (χ0n) is 10.0. The smallest absolute Gasteiger partial charge is 0.0628 e. The van der Waals surface area contributed by atoms with Crippen LogP contribution in [0.3, 0.4) is 0 Å². The van der Waals surface area contributed by atoms with E-state index in [9.17, 15) is 0 Å². The fourth-order valence-corrected chi connectivity index (χ4v) is 2.32. The molecule has 0 atom stereocenters. The molecular formula is C14H18N2. The van der Waals surface area contributed by atoms with E-state index in [0.29, 0.717) is 6.42 Å². The molecule has 1 saturated carbocycles. The van der Waals surface area contributed by atoms with E-state index in [2.05, 4.69) is 49.2 Å². The number of para-hydroxylation sites is 1. The summed E-state index contributed by atoms with van der Waals surface area (Å²) in [6, 6.07) is 10.7. The summed E-state index contributed by atoms with van der Waals surface area (Å²) in [6.07, 6.45) is 3.11. The minimum atomic E-state index is 0.284. The molecule has 1 aliphatic carbocycles. The van der Waals surface area contributed by atoms with Crippen LogP contribution in [0.1, 0.15) is 24.8 Å². The van der Waals surface area contributed by atoms with Crippen molar-refractivity contribution in [2.24, 2.45) is 5.41 Å². The fraction of sp³-hybridized carbons (Fsp3) is 0.500. The van der Waals surface area contributed by atoms with E-state index in [1.165, 1.54) is 24.1 Å². The van der Waals surface area contributed by atoms with Crippen molar-refractivity contribution in [2.45, 2.75) is 26.2 Å². The van der Waals surface area contributed by atoms with Crippen LogP contribution in [0.5, 0.6) is 0 Å². The van der Waals surface area contributed by atoms with E-state index >= 15 is 0 Å². The van der Waals surface area contributed by atoms with Crippen molar-refractivity contribution >= 4 is 5.69 Å². The minimum Gasteiger partial charge on any atom is -0.374 e. The van der Waals surface area contributed by atoms with E-state index < -0.39 is 0 Å². The lowest BCUT2D eigenvalue weighted by molar-refractivity contribution is 0.523. The molecule has 0 bridgehead atoms. The number of hydrogen-bond acceptors (Lipinski definition) is 2. The highest BCUT2D eigenvalue weighted by molar-refractivity contribution is 5.52. The Morgan fingerprint density at radius 2 is 2.06 bits per heavy atom. The van der Waals surface area contributed by atoms with Crippen LogP contribution in [0.15, 0.2) is 24.3 Å². The van der Waals surface area contributed by atoms with E-state index in [1.807, 2.05) is 0 Å². The monoisotopic (exact) mass is 214 g/mol. The SMILES string of the molecule is Cc1ccccc1N(C)CC1(CC#N)CC1. The maximum Gasteiger partial charge on any atom is 0.0628 e. The van der Waals surface area contributed by atoms with Gasteiger partial charge in [0.25, 0.3) is 0 Å². The van der Waals surface area contributed by atoms with Gasteiger partial charge < -0.3 is 4.90 Å². The average molecular weight is 214 g/mol. The zero-order valence-corrected chi connectivity index (χ0v) is 10.0. The first-order chi connectivity index (χ1) is 7.67. The summed E-state index contributed by atoms with van der Waals surface area (Å²) in [5.41, 5.74) is 2.87. The Labute approximate surface area is 97.5 Å². The van der Waals surface area contributed by atoms with Crippen molar-refractivity contribution in [1.82, 2.24) is 0 Å². The van der Waals surface area contributed by atoms with Crippen LogP contribution >= 0.6 is 0 Å². The number of benzene rings is 1. The van der Waals surface area contributed by atoms with Gasteiger partial charge in [-0.2, -0.15) is 5.26 Å². The first-order valence-electron chi connectivity index (χ1n) is 5.81. The molecule has 2 nitrogen and oxygen atoms in total. The highest BCUT2D eigenvalue weighted by atomic mass is 15.1.